The van der Waals surface area contributed by atoms with Crippen molar-refractivity contribution in [1.29, 1.82) is 0 Å². The second kappa shape index (κ2) is 5.27. The van der Waals surface area contributed by atoms with Gasteiger partial charge in [-0.05, 0) is 19.4 Å². The third-order valence-corrected chi connectivity index (χ3v) is 2.98. The molecule has 4 nitrogen and oxygen atoms in total. The second-order valence-electron chi connectivity index (χ2n) is 3.77. The van der Waals surface area contributed by atoms with Crippen LogP contribution in [0.5, 0.6) is 0 Å². The number of halogens is 1. The molecule has 2 aromatic heterocycles. The van der Waals surface area contributed by atoms with E-state index in [2.05, 4.69) is 28.9 Å². The van der Waals surface area contributed by atoms with Gasteiger partial charge in [-0.2, -0.15) is 5.10 Å². The molecule has 0 aliphatic carbocycles. The van der Waals surface area contributed by atoms with Crippen LogP contribution < -0.4 is 0 Å². The van der Waals surface area contributed by atoms with Crippen molar-refractivity contribution in [3.8, 4) is 11.4 Å². The van der Waals surface area contributed by atoms with E-state index >= 15 is 0 Å². The smallest absolute Gasteiger partial charge is 0.136 e. The Kier molecular flexibility index (Phi) is 3.74. The molecule has 2 aromatic rings. The van der Waals surface area contributed by atoms with Crippen molar-refractivity contribution >= 4 is 11.6 Å². The van der Waals surface area contributed by atoms with Crippen molar-refractivity contribution in [2.45, 2.75) is 33.2 Å². The summed E-state index contributed by atoms with van der Waals surface area (Å²) in [5.74, 6) is 0. The molecular weight excluding hydrogens is 236 g/mol. The third-order valence-electron chi connectivity index (χ3n) is 2.65. The molecule has 0 atom stereocenters. The SMILES string of the molecule is CCCc1c(Cl)ncnc1-c1ccnn1CC. The van der Waals surface area contributed by atoms with Crippen LogP contribution in [0.4, 0.5) is 0 Å². The maximum absolute atomic E-state index is 6.14. The van der Waals surface area contributed by atoms with Crippen molar-refractivity contribution in [2.75, 3.05) is 0 Å². The fourth-order valence-corrected chi connectivity index (χ4v) is 2.10. The first-order valence-electron chi connectivity index (χ1n) is 5.79. The summed E-state index contributed by atoms with van der Waals surface area (Å²) in [6, 6.07) is 1.96. The molecule has 0 amide bonds. The number of rotatable bonds is 4. The van der Waals surface area contributed by atoms with Gasteiger partial charge in [-0.15, -0.1) is 0 Å². The highest BCUT2D eigenvalue weighted by atomic mass is 35.5. The molecule has 0 saturated carbocycles. The van der Waals surface area contributed by atoms with Gasteiger partial charge in [-0.3, -0.25) is 4.68 Å². The molecule has 0 aliphatic rings. The molecule has 0 aromatic carbocycles. The van der Waals surface area contributed by atoms with E-state index < -0.39 is 0 Å². The zero-order valence-electron chi connectivity index (χ0n) is 10.0. The van der Waals surface area contributed by atoms with Crippen LogP contribution in [0.3, 0.4) is 0 Å². The lowest BCUT2D eigenvalue weighted by molar-refractivity contribution is 0.664. The zero-order chi connectivity index (χ0) is 12.3. The number of hydrogen-bond donors (Lipinski definition) is 0. The van der Waals surface area contributed by atoms with Gasteiger partial charge in [0.05, 0.1) is 11.4 Å². The molecule has 17 heavy (non-hydrogen) atoms. The normalized spacial score (nSPS) is 10.8. The molecule has 0 aliphatic heterocycles. The van der Waals surface area contributed by atoms with E-state index in [0.29, 0.717) is 5.15 Å². The highest BCUT2D eigenvalue weighted by Gasteiger charge is 2.14. The van der Waals surface area contributed by atoms with Crippen LogP contribution in [-0.2, 0) is 13.0 Å². The molecule has 0 radical (unpaired) electrons. The maximum atomic E-state index is 6.14. The molecule has 0 spiro atoms. The number of hydrogen-bond acceptors (Lipinski definition) is 3. The Labute approximate surface area is 106 Å². The summed E-state index contributed by atoms with van der Waals surface area (Å²) >= 11 is 6.14. The molecule has 0 fully saturated rings. The fraction of sp³-hybridized carbons (Fsp3) is 0.417. The maximum Gasteiger partial charge on any atom is 0.136 e. The average Bonchev–Trinajstić information content (AvgIpc) is 2.80. The molecule has 0 bridgehead atoms. The Morgan fingerprint density at radius 3 is 2.82 bits per heavy atom. The first-order valence-corrected chi connectivity index (χ1v) is 6.17. The standard InChI is InChI=1S/C12H15ClN4/c1-3-5-9-11(14-8-15-12(9)13)10-6-7-16-17(10)4-2/h6-8H,3-5H2,1-2H3. The van der Waals surface area contributed by atoms with Gasteiger partial charge in [0, 0.05) is 18.3 Å². The summed E-state index contributed by atoms with van der Waals surface area (Å²) in [6.45, 7) is 4.98. The minimum absolute atomic E-state index is 0.542. The van der Waals surface area contributed by atoms with Gasteiger partial charge >= 0.3 is 0 Å². The molecule has 0 N–H and O–H groups in total. The van der Waals surface area contributed by atoms with Gasteiger partial charge in [0.25, 0.3) is 0 Å². The van der Waals surface area contributed by atoms with Gasteiger partial charge in [-0.1, -0.05) is 24.9 Å². The van der Waals surface area contributed by atoms with Gasteiger partial charge in [0.2, 0.25) is 0 Å². The van der Waals surface area contributed by atoms with Crippen molar-refractivity contribution in [2.24, 2.45) is 0 Å². The van der Waals surface area contributed by atoms with Crippen molar-refractivity contribution in [3.05, 3.63) is 29.3 Å². The summed E-state index contributed by atoms with van der Waals surface area (Å²) in [6.07, 6.45) is 5.18. The Morgan fingerprint density at radius 2 is 2.12 bits per heavy atom. The minimum atomic E-state index is 0.542. The molecule has 90 valence electrons. The minimum Gasteiger partial charge on any atom is -0.264 e. The van der Waals surface area contributed by atoms with Crippen LogP contribution in [-0.4, -0.2) is 19.7 Å². The van der Waals surface area contributed by atoms with E-state index in [1.165, 1.54) is 6.33 Å². The Morgan fingerprint density at radius 1 is 1.29 bits per heavy atom. The van der Waals surface area contributed by atoms with Crippen LogP contribution in [0.2, 0.25) is 5.15 Å². The Bertz CT molecular complexity index is 507. The summed E-state index contributed by atoms with van der Waals surface area (Å²) < 4.78 is 1.91. The Hall–Kier alpha value is -1.42. The molecule has 0 saturated heterocycles. The largest absolute Gasteiger partial charge is 0.264 e. The molecular formula is C12H15ClN4. The molecule has 5 heteroatoms. The molecule has 2 heterocycles. The quantitative estimate of drug-likeness (QED) is 0.784. The van der Waals surface area contributed by atoms with E-state index in [1.54, 1.807) is 6.20 Å². The topological polar surface area (TPSA) is 43.6 Å². The predicted molar refractivity (Wildman–Crippen MR) is 67.9 cm³/mol. The van der Waals surface area contributed by atoms with E-state index in [-0.39, 0.29) is 0 Å². The number of aryl methyl sites for hydroxylation is 1. The summed E-state index contributed by atoms with van der Waals surface area (Å²) in [5, 5.41) is 4.80. The Balaban J connectivity index is 2.55. The monoisotopic (exact) mass is 250 g/mol. The lowest BCUT2D eigenvalue weighted by atomic mass is 10.1. The van der Waals surface area contributed by atoms with Crippen molar-refractivity contribution < 1.29 is 0 Å². The molecule has 0 unspecified atom stereocenters. The van der Waals surface area contributed by atoms with Crippen LogP contribution in [0, 0.1) is 0 Å². The highest BCUT2D eigenvalue weighted by Crippen LogP contribution is 2.26. The van der Waals surface area contributed by atoms with Gasteiger partial charge in [0.15, 0.2) is 0 Å². The molecule has 2 rings (SSSR count). The van der Waals surface area contributed by atoms with Gasteiger partial charge < -0.3 is 0 Å². The van der Waals surface area contributed by atoms with Crippen molar-refractivity contribution in [1.82, 2.24) is 19.7 Å². The number of nitrogens with zero attached hydrogens (tertiary/aromatic N) is 4. The van der Waals surface area contributed by atoms with E-state index in [9.17, 15) is 0 Å². The lowest BCUT2D eigenvalue weighted by Gasteiger charge is -2.10. The van der Waals surface area contributed by atoms with Crippen molar-refractivity contribution in [3.63, 3.8) is 0 Å². The lowest BCUT2D eigenvalue weighted by Crippen LogP contribution is -2.03. The highest BCUT2D eigenvalue weighted by molar-refractivity contribution is 6.30. The summed E-state index contributed by atoms with van der Waals surface area (Å²) in [7, 11) is 0. The summed E-state index contributed by atoms with van der Waals surface area (Å²) in [5.41, 5.74) is 2.90. The van der Waals surface area contributed by atoms with Gasteiger partial charge in [-0.25, -0.2) is 9.97 Å². The fourth-order valence-electron chi connectivity index (χ4n) is 1.87. The van der Waals surface area contributed by atoms with Crippen LogP contribution in [0.15, 0.2) is 18.6 Å². The van der Waals surface area contributed by atoms with Gasteiger partial charge in [0.1, 0.15) is 11.5 Å². The first-order chi connectivity index (χ1) is 8.27. The predicted octanol–water partition coefficient (Wildman–Crippen LogP) is 2.97. The van der Waals surface area contributed by atoms with Crippen LogP contribution in [0.25, 0.3) is 11.4 Å². The van der Waals surface area contributed by atoms with E-state index in [0.717, 1.165) is 36.3 Å². The first kappa shape index (κ1) is 12.0. The van der Waals surface area contributed by atoms with E-state index in [4.69, 9.17) is 11.6 Å². The summed E-state index contributed by atoms with van der Waals surface area (Å²) in [4.78, 5) is 8.40. The van der Waals surface area contributed by atoms with Crippen LogP contribution in [0.1, 0.15) is 25.8 Å². The average molecular weight is 251 g/mol. The second-order valence-corrected chi connectivity index (χ2v) is 4.13. The number of aromatic nitrogens is 4. The zero-order valence-corrected chi connectivity index (χ0v) is 10.8. The third kappa shape index (κ3) is 2.31. The van der Waals surface area contributed by atoms with Crippen LogP contribution >= 0.6 is 11.6 Å². The van der Waals surface area contributed by atoms with E-state index in [1.807, 2.05) is 10.7 Å².